The average molecular weight is 563 g/mol. The van der Waals surface area contributed by atoms with E-state index in [9.17, 15) is 14.0 Å². The molecule has 6 rings (SSSR count). The Bertz CT molecular complexity index is 1910. The Morgan fingerprint density at radius 2 is 1.68 bits per heavy atom. The van der Waals surface area contributed by atoms with Crippen LogP contribution >= 0.6 is 0 Å². The number of rotatable bonds is 7. The number of nitrogens with one attached hydrogen (secondary N) is 1. The van der Waals surface area contributed by atoms with Crippen molar-refractivity contribution in [2.75, 3.05) is 0 Å². The van der Waals surface area contributed by atoms with Crippen LogP contribution in [0.1, 0.15) is 30.2 Å². The zero-order valence-corrected chi connectivity index (χ0v) is 21.0. The zero-order valence-electron chi connectivity index (χ0n) is 21.0. The summed E-state index contributed by atoms with van der Waals surface area (Å²) in [5, 5.41) is 8.24. The van der Waals surface area contributed by atoms with Crippen LogP contribution in [0.5, 0.6) is 0 Å². The van der Waals surface area contributed by atoms with E-state index in [1.54, 1.807) is 16.6 Å². The Morgan fingerprint density at radius 3 is 2.35 bits per heavy atom. The van der Waals surface area contributed by atoms with E-state index in [2.05, 4.69) is 24.7 Å². The molecule has 3 aromatic heterocycles. The normalized spacial score (nSPS) is 11.1. The summed E-state index contributed by atoms with van der Waals surface area (Å²) in [6, 6.07) is 21.2. The van der Waals surface area contributed by atoms with Gasteiger partial charge in [-0.15, -0.1) is 0 Å². The molecule has 196 valence electrons. The van der Waals surface area contributed by atoms with Crippen LogP contribution in [0.3, 0.4) is 0 Å². The molecule has 0 unspecified atom stereocenters. The third kappa shape index (κ3) is 5.30. The standard InChI is InChI=1S/C29H23FN6O3.K.H/c1-2-5-25-24(27(37)35(28-31-17-32-36(25)28)21-14-12-20(30)13-15-21)16-18-8-10-19(11-9-18)22-6-3-4-7-23(22)26-33-29(38)39-34-26;;/h3-4,6-15,17H,2,5,16H2,1H3,(H,33,34,38);;. The molecular formula is C29H24FKN6O3. The quantitative estimate of drug-likeness (QED) is 0.295. The molecule has 9 nitrogen and oxygen atoms in total. The van der Waals surface area contributed by atoms with Gasteiger partial charge in [-0.05, 0) is 47.4 Å². The molecule has 40 heavy (non-hydrogen) atoms. The van der Waals surface area contributed by atoms with Gasteiger partial charge in [-0.25, -0.2) is 18.3 Å². The Labute approximate surface area is 270 Å². The summed E-state index contributed by atoms with van der Waals surface area (Å²) in [6.07, 6.45) is 3.27. The summed E-state index contributed by atoms with van der Waals surface area (Å²) in [4.78, 5) is 32.3. The van der Waals surface area contributed by atoms with Crippen LogP contribution in [0.15, 0.2) is 93.2 Å². The summed E-state index contributed by atoms with van der Waals surface area (Å²) >= 11 is 0. The van der Waals surface area contributed by atoms with E-state index in [0.717, 1.165) is 34.4 Å². The first kappa shape index (κ1) is 28.1. The monoisotopic (exact) mass is 562 g/mol. The van der Waals surface area contributed by atoms with Gasteiger partial charge in [0, 0.05) is 17.5 Å². The van der Waals surface area contributed by atoms with Crippen LogP contribution in [-0.4, -0.2) is 80.7 Å². The maximum absolute atomic E-state index is 13.9. The molecule has 0 bridgehead atoms. The summed E-state index contributed by atoms with van der Waals surface area (Å²) in [7, 11) is 0. The number of aryl methyl sites for hydroxylation is 1. The Morgan fingerprint density at radius 1 is 0.950 bits per heavy atom. The van der Waals surface area contributed by atoms with E-state index in [-0.39, 0.29) is 62.8 Å². The third-order valence-corrected chi connectivity index (χ3v) is 6.63. The second-order valence-electron chi connectivity index (χ2n) is 9.13. The van der Waals surface area contributed by atoms with Crippen molar-refractivity contribution >= 4 is 57.2 Å². The van der Waals surface area contributed by atoms with E-state index in [1.165, 1.54) is 23.0 Å². The molecule has 0 radical (unpaired) electrons. The summed E-state index contributed by atoms with van der Waals surface area (Å²) in [5.41, 5.74) is 5.18. The van der Waals surface area contributed by atoms with Crippen molar-refractivity contribution in [3.8, 4) is 28.2 Å². The van der Waals surface area contributed by atoms with Crippen molar-refractivity contribution in [3.63, 3.8) is 0 Å². The molecule has 1 N–H and O–H groups in total. The molecule has 0 atom stereocenters. The fourth-order valence-corrected chi connectivity index (χ4v) is 4.84. The summed E-state index contributed by atoms with van der Waals surface area (Å²) in [6.45, 7) is 2.05. The van der Waals surface area contributed by atoms with Gasteiger partial charge in [-0.1, -0.05) is 67.0 Å². The molecule has 3 heterocycles. The summed E-state index contributed by atoms with van der Waals surface area (Å²) in [5.74, 6) is -0.264. The van der Waals surface area contributed by atoms with Crippen molar-refractivity contribution in [1.82, 2.24) is 29.3 Å². The van der Waals surface area contributed by atoms with Crippen molar-refractivity contribution in [3.05, 3.63) is 123 Å². The molecule has 0 fully saturated rings. The molecule has 0 spiro atoms. The van der Waals surface area contributed by atoms with Gasteiger partial charge in [0.15, 0.2) is 5.82 Å². The molecule has 0 amide bonds. The number of halogens is 1. The molecule has 11 heteroatoms. The van der Waals surface area contributed by atoms with Gasteiger partial charge in [0.2, 0.25) is 5.78 Å². The van der Waals surface area contributed by atoms with Gasteiger partial charge in [0.25, 0.3) is 5.56 Å². The molecule has 0 saturated heterocycles. The number of benzene rings is 3. The average Bonchev–Trinajstić information content (AvgIpc) is 3.61. The van der Waals surface area contributed by atoms with E-state index >= 15 is 0 Å². The Hall–Kier alpha value is -3.48. The summed E-state index contributed by atoms with van der Waals surface area (Å²) < 4.78 is 21.5. The first-order chi connectivity index (χ1) is 19.0. The van der Waals surface area contributed by atoms with Crippen LogP contribution in [0.4, 0.5) is 4.39 Å². The fourth-order valence-electron chi connectivity index (χ4n) is 4.84. The first-order valence-electron chi connectivity index (χ1n) is 12.5. The van der Waals surface area contributed by atoms with Crippen molar-refractivity contribution < 1.29 is 8.91 Å². The number of fused-ring (bicyclic) bond motifs is 1. The predicted molar refractivity (Wildman–Crippen MR) is 150 cm³/mol. The molecule has 0 aliphatic heterocycles. The molecular weight excluding hydrogens is 538 g/mol. The van der Waals surface area contributed by atoms with Gasteiger partial charge in [-0.3, -0.25) is 14.3 Å². The van der Waals surface area contributed by atoms with Crippen LogP contribution in [0, 0.1) is 5.82 Å². The number of nitrogens with zero attached hydrogens (tertiary/aromatic N) is 5. The predicted octanol–water partition coefficient (Wildman–Crippen LogP) is 3.92. The number of aromatic nitrogens is 6. The van der Waals surface area contributed by atoms with Gasteiger partial charge < -0.3 is 0 Å². The topological polar surface area (TPSA) is 111 Å². The van der Waals surface area contributed by atoms with Gasteiger partial charge in [0.05, 0.1) is 11.4 Å². The van der Waals surface area contributed by atoms with Gasteiger partial charge in [-0.2, -0.15) is 10.1 Å². The number of hydrogen-bond donors (Lipinski definition) is 1. The Kier molecular flexibility index (Phi) is 8.38. The number of aromatic amines is 1. The maximum atomic E-state index is 13.9. The van der Waals surface area contributed by atoms with Crippen LogP contribution in [0.25, 0.3) is 34.0 Å². The Balaban J connectivity index is 0.00000323. The zero-order chi connectivity index (χ0) is 26.9. The van der Waals surface area contributed by atoms with E-state index in [1.807, 2.05) is 55.5 Å². The first-order valence-corrected chi connectivity index (χ1v) is 12.5. The van der Waals surface area contributed by atoms with E-state index in [4.69, 9.17) is 0 Å². The van der Waals surface area contributed by atoms with Crippen molar-refractivity contribution in [2.24, 2.45) is 0 Å². The minimum absolute atomic E-state index is 0. The SMILES string of the molecule is CCCc1c(Cc2ccc(-c3ccccc3-c3noc(=O)[nH]3)cc2)c(=O)n(-c2ccc(F)cc2)c2ncnn12.[KH]. The molecule has 0 saturated carbocycles. The van der Waals surface area contributed by atoms with E-state index < -0.39 is 5.76 Å². The second kappa shape index (κ2) is 11.9. The number of hydrogen-bond acceptors (Lipinski definition) is 6. The third-order valence-electron chi connectivity index (χ3n) is 6.63. The molecule has 0 aliphatic rings. The van der Waals surface area contributed by atoms with Crippen molar-refractivity contribution in [2.45, 2.75) is 26.2 Å². The molecule has 3 aromatic carbocycles. The van der Waals surface area contributed by atoms with E-state index in [0.29, 0.717) is 35.7 Å². The number of H-pyrrole nitrogens is 1. The van der Waals surface area contributed by atoms with Crippen LogP contribution in [0.2, 0.25) is 0 Å². The van der Waals surface area contributed by atoms with Gasteiger partial charge in [0.1, 0.15) is 12.1 Å². The van der Waals surface area contributed by atoms with Crippen LogP contribution < -0.4 is 11.3 Å². The minimum atomic E-state index is -0.617. The fraction of sp³-hybridized carbons (Fsp3) is 0.138. The van der Waals surface area contributed by atoms with Gasteiger partial charge >= 0.3 is 57.1 Å². The molecule has 6 aromatic rings. The second-order valence-corrected chi connectivity index (χ2v) is 9.13. The molecule has 0 aliphatic carbocycles. The van der Waals surface area contributed by atoms with Crippen molar-refractivity contribution in [1.29, 1.82) is 0 Å². The van der Waals surface area contributed by atoms with Crippen LogP contribution in [-0.2, 0) is 12.8 Å².